The molecule has 0 aliphatic carbocycles. The lowest BCUT2D eigenvalue weighted by Crippen LogP contribution is -2.33. The summed E-state index contributed by atoms with van der Waals surface area (Å²) < 4.78 is 25.2. The number of hydrogen-bond donors (Lipinski definition) is 2. The molecule has 1 amide bonds. The standard InChI is InChI=1S/C24H20Cl2N2O3S/c25-16-9-11-17(12-10-16)32(30,31)15-24(29)28-14-20(18-5-1-3-7-22(18)26)21-13-27-23-8-4-2-6-19(21)23/h1-13,20,27H,14-15H2,(H,28,29). The Hall–Kier alpha value is -2.80. The third-order valence-corrected chi connectivity index (χ3v) is 7.50. The largest absolute Gasteiger partial charge is 0.361 e. The van der Waals surface area contributed by atoms with E-state index in [1.54, 1.807) is 6.07 Å². The smallest absolute Gasteiger partial charge is 0.235 e. The number of aromatic amines is 1. The molecule has 0 saturated heterocycles. The molecule has 0 radical (unpaired) electrons. The number of fused-ring (bicyclic) bond motifs is 1. The number of halogens is 2. The molecule has 0 aliphatic rings. The number of aromatic nitrogens is 1. The Balaban J connectivity index is 1.57. The van der Waals surface area contributed by atoms with Crippen LogP contribution in [0.4, 0.5) is 0 Å². The molecule has 3 aromatic carbocycles. The molecule has 0 spiro atoms. The zero-order valence-corrected chi connectivity index (χ0v) is 19.2. The highest BCUT2D eigenvalue weighted by atomic mass is 35.5. The van der Waals surface area contributed by atoms with Gasteiger partial charge in [0.15, 0.2) is 9.84 Å². The Morgan fingerprint density at radius 2 is 1.59 bits per heavy atom. The molecular formula is C24H20Cl2N2O3S. The van der Waals surface area contributed by atoms with Gasteiger partial charge in [-0.15, -0.1) is 0 Å². The van der Waals surface area contributed by atoms with Gasteiger partial charge in [-0.3, -0.25) is 4.79 Å². The first-order chi connectivity index (χ1) is 15.3. The van der Waals surface area contributed by atoms with Crippen LogP contribution in [0.25, 0.3) is 10.9 Å². The fraction of sp³-hybridized carbons (Fsp3) is 0.125. The van der Waals surface area contributed by atoms with Gasteiger partial charge < -0.3 is 10.3 Å². The molecule has 4 rings (SSSR count). The molecule has 1 aromatic heterocycles. The fourth-order valence-electron chi connectivity index (χ4n) is 3.69. The summed E-state index contributed by atoms with van der Waals surface area (Å²) in [5.41, 5.74) is 2.78. The molecule has 0 saturated carbocycles. The van der Waals surface area contributed by atoms with Gasteiger partial charge in [0.2, 0.25) is 5.91 Å². The number of carbonyl (C=O) groups excluding carboxylic acids is 1. The lowest BCUT2D eigenvalue weighted by Gasteiger charge is -2.19. The molecule has 0 bridgehead atoms. The first kappa shape index (κ1) is 22.4. The summed E-state index contributed by atoms with van der Waals surface area (Å²) in [4.78, 5) is 15.9. The quantitative estimate of drug-likeness (QED) is 0.376. The number of carbonyl (C=O) groups is 1. The summed E-state index contributed by atoms with van der Waals surface area (Å²) in [5.74, 6) is -1.50. The van der Waals surface area contributed by atoms with Gasteiger partial charge in [-0.1, -0.05) is 59.6 Å². The normalized spacial score (nSPS) is 12.6. The average molecular weight is 487 g/mol. The van der Waals surface area contributed by atoms with Crippen molar-refractivity contribution in [2.24, 2.45) is 0 Å². The molecule has 4 aromatic rings. The molecule has 0 aliphatic heterocycles. The number of para-hydroxylation sites is 1. The van der Waals surface area contributed by atoms with Crippen LogP contribution in [0.5, 0.6) is 0 Å². The van der Waals surface area contributed by atoms with E-state index in [9.17, 15) is 13.2 Å². The van der Waals surface area contributed by atoms with E-state index in [-0.39, 0.29) is 17.4 Å². The summed E-state index contributed by atoms with van der Waals surface area (Å²) in [6.45, 7) is 0.195. The highest BCUT2D eigenvalue weighted by Crippen LogP contribution is 2.34. The van der Waals surface area contributed by atoms with Gasteiger partial charge in [0.1, 0.15) is 5.75 Å². The van der Waals surface area contributed by atoms with Crippen LogP contribution in [-0.4, -0.2) is 31.6 Å². The van der Waals surface area contributed by atoms with Crippen LogP contribution in [0.2, 0.25) is 10.0 Å². The SMILES string of the molecule is O=C(CS(=O)(=O)c1ccc(Cl)cc1)NCC(c1ccccc1Cl)c1c[nH]c2ccccc12. The maximum atomic E-state index is 12.6. The van der Waals surface area contributed by atoms with Crippen molar-refractivity contribution < 1.29 is 13.2 Å². The van der Waals surface area contributed by atoms with E-state index in [1.165, 1.54) is 24.3 Å². The average Bonchev–Trinajstić information content (AvgIpc) is 3.19. The zero-order chi connectivity index (χ0) is 22.7. The van der Waals surface area contributed by atoms with Gasteiger partial charge in [-0.05, 0) is 47.5 Å². The molecule has 2 N–H and O–H groups in total. The van der Waals surface area contributed by atoms with E-state index in [0.29, 0.717) is 10.0 Å². The Morgan fingerprint density at radius 3 is 2.34 bits per heavy atom. The highest BCUT2D eigenvalue weighted by molar-refractivity contribution is 7.92. The van der Waals surface area contributed by atoms with Crippen LogP contribution in [0.3, 0.4) is 0 Å². The molecule has 0 fully saturated rings. The fourth-order valence-corrected chi connectivity index (χ4v) is 5.25. The Bertz CT molecular complexity index is 1370. The maximum absolute atomic E-state index is 12.6. The van der Waals surface area contributed by atoms with Gasteiger partial charge in [-0.2, -0.15) is 0 Å². The monoisotopic (exact) mass is 486 g/mol. The first-order valence-corrected chi connectivity index (χ1v) is 12.3. The van der Waals surface area contributed by atoms with Crippen molar-refractivity contribution in [3.63, 3.8) is 0 Å². The van der Waals surface area contributed by atoms with Crippen LogP contribution < -0.4 is 5.32 Å². The van der Waals surface area contributed by atoms with Gasteiger partial charge in [-0.25, -0.2) is 8.42 Å². The van der Waals surface area contributed by atoms with Crippen molar-refractivity contribution in [3.8, 4) is 0 Å². The van der Waals surface area contributed by atoms with Crippen LogP contribution in [-0.2, 0) is 14.6 Å². The minimum atomic E-state index is -3.79. The zero-order valence-electron chi connectivity index (χ0n) is 16.9. The van der Waals surface area contributed by atoms with Crippen molar-refractivity contribution in [2.75, 3.05) is 12.3 Å². The highest BCUT2D eigenvalue weighted by Gasteiger charge is 2.23. The molecule has 1 atom stereocenters. The van der Waals surface area contributed by atoms with Crippen molar-refractivity contribution in [1.82, 2.24) is 10.3 Å². The van der Waals surface area contributed by atoms with Crippen molar-refractivity contribution in [1.29, 1.82) is 0 Å². The van der Waals surface area contributed by atoms with E-state index < -0.39 is 21.5 Å². The van der Waals surface area contributed by atoms with Crippen LogP contribution in [0.15, 0.2) is 83.9 Å². The van der Waals surface area contributed by atoms with Crippen molar-refractivity contribution in [3.05, 3.63) is 100 Å². The number of hydrogen-bond acceptors (Lipinski definition) is 3. The lowest BCUT2D eigenvalue weighted by molar-refractivity contribution is -0.118. The molecule has 1 unspecified atom stereocenters. The Labute approximate surface area is 196 Å². The Kier molecular flexibility index (Phi) is 6.55. The van der Waals surface area contributed by atoms with Crippen molar-refractivity contribution in [2.45, 2.75) is 10.8 Å². The van der Waals surface area contributed by atoms with E-state index in [2.05, 4.69) is 10.3 Å². The van der Waals surface area contributed by atoms with Crippen molar-refractivity contribution >= 4 is 49.8 Å². The maximum Gasteiger partial charge on any atom is 0.235 e. The molecule has 1 heterocycles. The number of amides is 1. The number of benzene rings is 3. The summed E-state index contributed by atoms with van der Waals surface area (Å²) in [6.07, 6.45) is 1.90. The van der Waals surface area contributed by atoms with Crippen LogP contribution in [0.1, 0.15) is 17.0 Å². The van der Waals surface area contributed by atoms with Gasteiger partial charge in [0, 0.05) is 39.6 Å². The predicted molar refractivity (Wildman–Crippen MR) is 128 cm³/mol. The molecule has 8 heteroatoms. The number of rotatable bonds is 7. The van der Waals surface area contributed by atoms with Crippen LogP contribution in [0, 0.1) is 0 Å². The topological polar surface area (TPSA) is 79.0 Å². The lowest BCUT2D eigenvalue weighted by atomic mass is 9.91. The molecule has 164 valence electrons. The second-order valence-corrected chi connectivity index (χ2v) is 10.2. The third kappa shape index (κ3) is 4.83. The Morgan fingerprint density at radius 1 is 0.906 bits per heavy atom. The summed E-state index contributed by atoms with van der Waals surface area (Å²) in [6, 6.07) is 21.0. The summed E-state index contributed by atoms with van der Waals surface area (Å²) in [7, 11) is -3.79. The second-order valence-electron chi connectivity index (χ2n) is 7.38. The van der Waals surface area contributed by atoms with Gasteiger partial charge in [0.25, 0.3) is 0 Å². The predicted octanol–water partition coefficient (Wildman–Crippen LogP) is 5.20. The third-order valence-electron chi connectivity index (χ3n) is 5.27. The molecule has 5 nitrogen and oxygen atoms in total. The second kappa shape index (κ2) is 9.36. The minimum absolute atomic E-state index is 0.0522. The number of sulfone groups is 1. The summed E-state index contributed by atoms with van der Waals surface area (Å²) in [5, 5.41) is 4.80. The van der Waals surface area contributed by atoms with Crippen LogP contribution >= 0.6 is 23.2 Å². The molecule has 32 heavy (non-hydrogen) atoms. The first-order valence-electron chi connectivity index (χ1n) is 9.90. The number of H-pyrrole nitrogens is 1. The minimum Gasteiger partial charge on any atom is -0.361 e. The van der Waals surface area contributed by atoms with E-state index in [4.69, 9.17) is 23.2 Å². The van der Waals surface area contributed by atoms with E-state index in [0.717, 1.165) is 22.0 Å². The van der Waals surface area contributed by atoms with E-state index in [1.807, 2.05) is 48.7 Å². The summed E-state index contributed by atoms with van der Waals surface area (Å²) >= 11 is 12.3. The van der Waals surface area contributed by atoms with E-state index >= 15 is 0 Å². The van der Waals surface area contributed by atoms with Gasteiger partial charge >= 0.3 is 0 Å². The van der Waals surface area contributed by atoms with Gasteiger partial charge in [0.05, 0.1) is 4.90 Å². The number of nitrogens with one attached hydrogen (secondary N) is 2. The molecular weight excluding hydrogens is 467 g/mol.